The van der Waals surface area contributed by atoms with Crippen LogP contribution in [0.2, 0.25) is 0 Å². The van der Waals surface area contributed by atoms with E-state index in [1.54, 1.807) is 13.1 Å². The molecule has 1 aromatic carbocycles. The van der Waals surface area contributed by atoms with E-state index >= 15 is 0 Å². The molecule has 0 aliphatic rings. The molecular formula is C25H26N4O4. The molecule has 0 radical (unpaired) electrons. The fraction of sp³-hybridized carbons (Fsp3) is 0.240. The van der Waals surface area contributed by atoms with Crippen molar-refractivity contribution in [3.8, 4) is 17.0 Å². The maximum absolute atomic E-state index is 12.3. The Kier molecular flexibility index (Phi) is 6.02. The molecule has 0 amide bonds. The quantitative estimate of drug-likeness (QED) is 0.401. The van der Waals surface area contributed by atoms with Crippen LogP contribution in [-0.4, -0.2) is 42.7 Å². The Bertz CT molecular complexity index is 1390. The summed E-state index contributed by atoms with van der Waals surface area (Å²) in [6.07, 6.45) is 3.99. The highest BCUT2D eigenvalue weighted by Crippen LogP contribution is 2.32. The number of carboxylic acid groups (broad SMARTS) is 1. The molecule has 0 atom stereocenters. The van der Waals surface area contributed by atoms with Gasteiger partial charge < -0.3 is 19.8 Å². The van der Waals surface area contributed by atoms with Crippen molar-refractivity contribution in [2.45, 2.75) is 26.4 Å². The number of hydrogen-bond acceptors (Lipinski definition) is 5. The molecule has 170 valence electrons. The van der Waals surface area contributed by atoms with Crippen molar-refractivity contribution in [1.29, 1.82) is 0 Å². The average Bonchev–Trinajstić information content (AvgIpc) is 3.08. The van der Waals surface area contributed by atoms with Crippen LogP contribution in [0.15, 0.2) is 53.6 Å². The zero-order valence-corrected chi connectivity index (χ0v) is 18.8. The Morgan fingerprint density at radius 3 is 2.67 bits per heavy atom. The second kappa shape index (κ2) is 8.91. The van der Waals surface area contributed by atoms with Gasteiger partial charge in [0, 0.05) is 54.7 Å². The molecule has 4 aromatic rings. The summed E-state index contributed by atoms with van der Waals surface area (Å²) in [6.45, 7) is 3.32. The summed E-state index contributed by atoms with van der Waals surface area (Å²) in [5.41, 5.74) is 3.40. The van der Waals surface area contributed by atoms with E-state index in [2.05, 4.69) is 38.6 Å². The normalized spacial score (nSPS) is 11.4. The highest BCUT2D eigenvalue weighted by molar-refractivity contribution is 5.92. The van der Waals surface area contributed by atoms with Crippen molar-refractivity contribution in [1.82, 2.24) is 19.4 Å². The van der Waals surface area contributed by atoms with Gasteiger partial charge in [0.25, 0.3) is 5.56 Å². The third kappa shape index (κ3) is 4.25. The number of carbonyl (C=O) groups is 1. The number of aromatic hydroxyl groups is 1. The van der Waals surface area contributed by atoms with Gasteiger partial charge in [0.1, 0.15) is 5.75 Å². The Morgan fingerprint density at radius 2 is 2.00 bits per heavy atom. The number of aryl methyl sites for hydroxylation is 1. The van der Waals surface area contributed by atoms with E-state index in [0.29, 0.717) is 23.2 Å². The molecule has 8 nitrogen and oxygen atoms in total. The molecule has 0 fully saturated rings. The predicted octanol–water partition coefficient (Wildman–Crippen LogP) is 3.53. The highest BCUT2D eigenvalue weighted by atomic mass is 16.4. The molecular weight excluding hydrogens is 420 g/mol. The fourth-order valence-electron chi connectivity index (χ4n) is 4.27. The van der Waals surface area contributed by atoms with Crippen molar-refractivity contribution in [3.05, 3.63) is 81.5 Å². The molecule has 3 N–H and O–H groups in total. The van der Waals surface area contributed by atoms with Crippen molar-refractivity contribution in [2.75, 3.05) is 7.05 Å². The second-order valence-corrected chi connectivity index (χ2v) is 8.19. The molecule has 0 spiro atoms. The standard InChI is InChI=1S/C25H26N4O4/c1-4-19-22(27-24(31)21(23(19)30)25(32)33)16-7-8-20-17(10-16)11-18(29(20)3)14-28(2)13-15-6-5-9-26-12-15/h5-12H,4,13-14H2,1-3H3,(H,32,33)(H2,27,30,31). The fourth-order valence-corrected chi connectivity index (χ4v) is 4.27. The Balaban J connectivity index is 1.70. The van der Waals surface area contributed by atoms with E-state index in [1.165, 1.54) is 0 Å². The lowest BCUT2D eigenvalue weighted by Gasteiger charge is -2.17. The van der Waals surface area contributed by atoms with Crippen molar-refractivity contribution >= 4 is 16.9 Å². The summed E-state index contributed by atoms with van der Waals surface area (Å²) in [5, 5.41) is 20.7. The van der Waals surface area contributed by atoms with Gasteiger partial charge in [0.15, 0.2) is 5.56 Å². The molecule has 4 rings (SSSR count). The van der Waals surface area contributed by atoms with Crippen LogP contribution in [0.5, 0.6) is 5.75 Å². The van der Waals surface area contributed by atoms with Crippen LogP contribution >= 0.6 is 0 Å². The first-order valence-corrected chi connectivity index (χ1v) is 10.7. The van der Waals surface area contributed by atoms with Gasteiger partial charge in [-0.25, -0.2) is 4.79 Å². The molecule has 3 heterocycles. The first-order valence-electron chi connectivity index (χ1n) is 10.7. The number of carboxylic acids is 1. The number of aromatic nitrogens is 3. The Morgan fingerprint density at radius 1 is 1.21 bits per heavy atom. The second-order valence-electron chi connectivity index (χ2n) is 8.19. The lowest BCUT2D eigenvalue weighted by Crippen LogP contribution is -2.20. The van der Waals surface area contributed by atoms with Crippen molar-refractivity contribution in [3.63, 3.8) is 0 Å². The first-order chi connectivity index (χ1) is 15.8. The van der Waals surface area contributed by atoms with Crippen LogP contribution in [-0.2, 0) is 26.6 Å². The smallest absolute Gasteiger partial charge is 0.345 e. The van der Waals surface area contributed by atoms with Crippen molar-refractivity contribution < 1.29 is 15.0 Å². The number of benzene rings is 1. The molecule has 3 aromatic heterocycles. The van der Waals surface area contributed by atoms with Gasteiger partial charge in [-0.15, -0.1) is 0 Å². The number of pyridine rings is 2. The van der Waals surface area contributed by atoms with Gasteiger partial charge in [-0.3, -0.25) is 14.7 Å². The lowest BCUT2D eigenvalue weighted by molar-refractivity contribution is 0.0691. The van der Waals surface area contributed by atoms with Gasteiger partial charge in [0.05, 0.1) is 5.69 Å². The third-order valence-corrected chi connectivity index (χ3v) is 5.90. The highest BCUT2D eigenvalue weighted by Gasteiger charge is 2.22. The minimum absolute atomic E-state index is 0.370. The van der Waals surface area contributed by atoms with Crippen LogP contribution < -0.4 is 5.56 Å². The van der Waals surface area contributed by atoms with E-state index in [9.17, 15) is 19.8 Å². The summed E-state index contributed by atoms with van der Waals surface area (Å²) in [5.74, 6) is -1.93. The summed E-state index contributed by atoms with van der Waals surface area (Å²) in [7, 11) is 4.07. The Hall–Kier alpha value is -3.91. The monoisotopic (exact) mass is 446 g/mol. The van der Waals surface area contributed by atoms with Crippen LogP contribution in [0.25, 0.3) is 22.2 Å². The van der Waals surface area contributed by atoms with Crippen LogP contribution in [0.3, 0.4) is 0 Å². The molecule has 0 bridgehead atoms. The number of fused-ring (bicyclic) bond motifs is 1. The number of aromatic amines is 1. The van der Waals surface area contributed by atoms with Crippen LogP contribution in [0, 0.1) is 0 Å². The number of H-pyrrole nitrogens is 1. The van der Waals surface area contributed by atoms with E-state index in [-0.39, 0.29) is 0 Å². The maximum Gasteiger partial charge on any atom is 0.345 e. The summed E-state index contributed by atoms with van der Waals surface area (Å²) in [4.78, 5) is 32.8. The number of nitrogens with zero attached hydrogens (tertiary/aromatic N) is 3. The zero-order chi connectivity index (χ0) is 23.7. The summed E-state index contributed by atoms with van der Waals surface area (Å²) >= 11 is 0. The lowest BCUT2D eigenvalue weighted by atomic mass is 9.99. The minimum Gasteiger partial charge on any atom is -0.506 e. The van der Waals surface area contributed by atoms with E-state index in [4.69, 9.17) is 0 Å². The maximum atomic E-state index is 12.3. The van der Waals surface area contributed by atoms with E-state index in [1.807, 2.05) is 37.5 Å². The van der Waals surface area contributed by atoms with Crippen molar-refractivity contribution in [2.24, 2.45) is 7.05 Å². The molecule has 0 saturated carbocycles. The third-order valence-electron chi connectivity index (χ3n) is 5.90. The minimum atomic E-state index is -1.45. The molecule has 0 aliphatic carbocycles. The number of hydrogen-bond donors (Lipinski definition) is 3. The van der Waals surface area contributed by atoms with Crippen LogP contribution in [0.1, 0.15) is 34.1 Å². The summed E-state index contributed by atoms with van der Waals surface area (Å²) < 4.78 is 2.13. The van der Waals surface area contributed by atoms with Gasteiger partial charge in [-0.05, 0) is 48.9 Å². The first kappa shape index (κ1) is 22.3. The van der Waals surface area contributed by atoms with E-state index < -0.39 is 22.8 Å². The molecule has 8 heteroatoms. The average molecular weight is 447 g/mol. The van der Waals surface area contributed by atoms with Gasteiger partial charge in [0.2, 0.25) is 0 Å². The summed E-state index contributed by atoms with van der Waals surface area (Å²) in [6, 6.07) is 11.9. The Labute approximate surface area is 190 Å². The predicted molar refractivity (Wildman–Crippen MR) is 126 cm³/mol. The number of rotatable bonds is 7. The zero-order valence-electron chi connectivity index (χ0n) is 18.8. The number of nitrogens with one attached hydrogen (secondary N) is 1. The molecule has 0 unspecified atom stereocenters. The molecule has 0 aliphatic heterocycles. The van der Waals surface area contributed by atoms with Gasteiger partial charge >= 0.3 is 5.97 Å². The molecule has 0 saturated heterocycles. The topological polar surface area (TPSA) is 111 Å². The van der Waals surface area contributed by atoms with E-state index in [0.717, 1.165) is 35.2 Å². The largest absolute Gasteiger partial charge is 0.506 e. The van der Waals surface area contributed by atoms with Crippen LogP contribution in [0.4, 0.5) is 0 Å². The van der Waals surface area contributed by atoms with Gasteiger partial charge in [-0.2, -0.15) is 0 Å². The molecule has 33 heavy (non-hydrogen) atoms. The SMILES string of the molecule is CCc1c(-c2ccc3c(c2)cc(CN(C)Cc2cccnc2)n3C)[nH]c(=O)c(C(=O)O)c1O. The number of aromatic carboxylic acids is 1. The van der Waals surface area contributed by atoms with Gasteiger partial charge in [-0.1, -0.05) is 19.1 Å².